The number of carbonyl (C=O) groups excluding carboxylic acids is 1. The van der Waals surface area contributed by atoms with Crippen molar-refractivity contribution >= 4 is 32.6 Å². The Kier molecular flexibility index (Phi) is 4.12. The topological polar surface area (TPSA) is 75.9 Å². The number of carbonyl (C=O) groups is 1. The molecule has 4 rings (SSSR count). The van der Waals surface area contributed by atoms with Crippen LogP contribution in [0.25, 0.3) is 10.2 Å². The fraction of sp³-hybridized carbons (Fsp3) is 0.412. The van der Waals surface area contributed by atoms with Gasteiger partial charge in [-0.3, -0.25) is 14.5 Å². The highest BCUT2D eigenvalue weighted by Crippen LogP contribution is 2.29. The molecule has 3 aromatic rings. The Hall–Kier alpha value is -2.48. The van der Waals surface area contributed by atoms with E-state index in [1.165, 1.54) is 0 Å². The van der Waals surface area contributed by atoms with Crippen molar-refractivity contribution in [1.82, 2.24) is 25.1 Å². The maximum atomic E-state index is 12.5. The molecule has 0 spiro atoms. The zero-order valence-corrected chi connectivity index (χ0v) is 15.1. The van der Waals surface area contributed by atoms with Gasteiger partial charge in [-0.2, -0.15) is 5.10 Å². The second-order valence-corrected chi connectivity index (χ2v) is 7.40. The summed E-state index contributed by atoms with van der Waals surface area (Å²) < 4.78 is 2.77. The second-order valence-electron chi connectivity index (χ2n) is 6.39. The van der Waals surface area contributed by atoms with Crippen LogP contribution in [0, 0.1) is 6.92 Å². The highest BCUT2D eigenvalue weighted by atomic mass is 32.1. The minimum atomic E-state index is -0.0663. The predicted octanol–water partition coefficient (Wildman–Crippen LogP) is 2.13. The van der Waals surface area contributed by atoms with Crippen LogP contribution in [0.2, 0.25) is 0 Å². The van der Waals surface area contributed by atoms with Crippen molar-refractivity contribution in [2.75, 3.05) is 18.0 Å². The molecule has 25 heavy (non-hydrogen) atoms. The Morgan fingerprint density at radius 1 is 1.44 bits per heavy atom. The van der Waals surface area contributed by atoms with Gasteiger partial charge < -0.3 is 10.2 Å². The zero-order valence-electron chi connectivity index (χ0n) is 14.3. The van der Waals surface area contributed by atoms with Gasteiger partial charge in [0.15, 0.2) is 5.13 Å². The molecule has 1 saturated heterocycles. The Morgan fingerprint density at radius 3 is 3.08 bits per heavy atom. The standard InChI is InChI=1S/C17H20N6OS/c1-11-8-14(22(2)21-11)16(24)19-12-4-3-7-23(10-12)17-20-13-9-18-6-5-15(13)25-17/h5-6,8-9,12H,3-4,7,10H2,1-2H3,(H,19,24). The molecule has 0 radical (unpaired) electrons. The first-order valence-electron chi connectivity index (χ1n) is 8.37. The third-order valence-electron chi connectivity index (χ3n) is 4.44. The maximum Gasteiger partial charge on any atom is 0.269 e. The second kappa shape index (κ2) is 6.44. The van der Waals surface area contributed by atoms with Crippen LogP contribution in [-0.2, 0) is 7.05 Å². The number of pyridine rings is 1. The number of hydrogen-bond donors (Lipinski definition) is 1. The van der Waals surface area contributed by atoms with E-state index in [0.29, 0.717) is 5.69 Å². The van der Waals surface area contributed by atoms with E-state index in [1.807, 2.05) is 19.1 Å². The predicted molar refractivity (Wildman–Crippen MR) is 98.1 cm³/mol. The maximum absolute atomic E-state index is 12.5. The summed E-state index contributed by atoms with van der Waals surface area (Å²) in [6, 6.07) is 3.92. The molecule has 130 valence electrons. The quantitative estimate of drug-likeness (QED) is 0.778. The SMILES string of the molecule is Cc1cc(C(=O)NC2CCCN(c3nc4cnccc4s3)C2)n(C)n1. The fourth-order valence-electron chi connectivity index (χ4n) is 3.25. The summed E-state index contributed by atoms with van der Waals surface area (Å²) in [6.07, 6.45) is 5.59. The van der Waals surface area contributed by atoms with Crippen LogP contribution in [0.5, 0.6) is 0 Å². The van der Waals surface area contributed by atoms with Crippen LogP contribution in [0.15, 0.2) is 24.5 Å². The number of aryl methyl sites for hydroxylation is 2. The summed E-state index contributed by atoms with van der Waals surface area (Å²) in [7, 11) is 1.80. The summed E-state index contributed by atoms with van der Waals surface area (Å²) in [5.74, 6) is -0.0663. The van der Waals surface area contributed by atoms with Gasteiger partial charge in [-0.1, -0.05) is 11.3 Å². The summed E-state index contributed by atoms with van der Waals surface area (Å²) in [5, 5.41) is 8.39. The number of nitrogens with zero attached hydrogens (tertiary/aromatic N) is 5. The summed E-state index contributed by atoms with van der Waals surface area (Å²) >= 11 is 1.67. The van der Waals surface area contributed by atoms with Crippen LogP contribution < -0.4 is 10.2 Å². The lowest BCUT2D eigenvalue weighted by molar-refractivity contribution is 0.0923. The van der Waals surface area contributed by atoms with Crippen LogP contribution in [0.3, 0.4) is 0 Å². The zero-order chi connectivity index (χ0) is 17.4. The highest BCUT2D eigenvalue weighted by Gasteiger charge is 2.25. The molecule has 7 nitrogen and oxygen atoms in total. The van der Waals surface area contributed by atoms with E-state index in [1.54, 1.807) is 35.5 Å². The van der Waals surface area contributed by atoms with E-state index in [-0.39, 0.29) is 11.9 Å². The molecule has 3 aromatic heterocycles. The van der Waals surface area contributed by atoms with Crippen molar-refractivity contribution in [3.05, 3.63) is 35.9 Å². The lowest BCUT2D eigenvalue weighted by Crippen LogP contribution is -2.48. The van der Waals surface area contributed by atoms with Crippen LogP contribution in [0.1, 0.15) is 29.0 Å². The molecule has 1 unspecified atom stereocenters. The third-order valence-corrected chi connectivity index (χ3v) is 5.54. The van der Waals surface area contributed by atoms with Gasteiger partial charge >= 0.3 is 0 Å². The van der Waals surface area contributed by atoms with Crippen molar-refractivity contribution in [1.29, 1.82) is 0 Å². The van der Waals surface area contributed by atoms with Crippen LogP contribution >= 0.6 is 11.3 Å². The van der Waals surface area contributed by atoms with Gasteiger partial charge in [0.1, 0.15) is 11.2 Å². The fourth-order valence-corrected chi connectivity index (χ4v) is 4.22. The number of anilines is 1. The average molecular weight is 356 g/mol. The Labute approximate surface area is 149 Å². The number of amides is 1. The van der Waals surface area contributed by atoms with E-state index in [9.17, 15) is 4.79 Å². The lowest BCUT2D eigenvalue weighted by atomic mass is 10.1. The Balaban J connectivity index is 1.47. The molecule has 1 amide bonds. The van der Waals surface area contributed by atoms with Gasteiger partial charge in [-0.05, 0) is 31.9 Å². The minimum Gasteiger partial charge on any atom is -0.346 e. The molecule has 0 aromatic carbocycles. The Morgan fingerprint density at radius 2 is 2.32 bits per heavy atom. The number of hydrogen-bond acceptors (Lipinski definition) is 6. The first-order valence-corrected chi connectivity index (χ1v) is 9.19. The summed E-state index contributed by atoms with van der Waals surface area (Å²) in [4.78, 5) is 23.6. The first kappa shape index (κ1) is 16.0. The molecule has 0 aliphatic carbocycles. The number of aromatic nitrogens is 4. The van der Waals surface area contributed by atoms with E-state index in [2.05, 4.69) is 25.3 Å². The normalized spacial score (nSPS) is 17.8. The molecule has 1 aliphatic heterocycles. The third kappa shape index (κ3) is 3.21. The number of fused-ring (bicyclic) bond motifs is 1. The van der Waals surface area contributed by atoms with Crippen molar-refractivity contribution in [3.63, 3.8) is 0 Å². The van der Waals surface area contributed by atoms with Crippen molar-refractivity contribution < 1.29 is 4.79 Å². The van der Waals surface area contributed by atoms with Crippen molar-refractivity contribution in [2.45, 2.75) is 25.8 Å². The molecule has 8 heteroatoms. The van der Waals surface area contributed by atoms with Gasteiger partial charge in [0.25, 0.3) is 5.91 Å². The van der Waals surface area contributed by atoms with Crippen LogP contribution in [-0.4, -0.2) is 44.8 Å². The first-order chi connectivity index (χ1) is 12.1. The van der Waals surface area contributed by atoms with E-state index in [0.717, 1.165) is 47.0 Å². The lowest BCUT2D eigenvalue weighted by Gasteiger charge is -2.32. The smallest absolute Gasteiger partial charge is 0.269 e. The molecule has 4 heterocycles. The number of piperidine rings is 1. The minimum absolute atomic E-state index is 0.0663. The molecule has 0 saturated carbocycles. The number of nitrogens with one attached hydrogen (secondary N) is 1. The van der Waals surface area contributed by atoms with Gasteiger partial charge in [-0.25, -0.2) is 4.98 Å². The largest absolute Gasteiger partial charge is 0.346 e. The monoisotopic (exact) mass is 356 g/mol. The van der Waals surface area contributed by atoms with Crippen molar-refractivity contribution in [2.24, 2.45) is 7.05 Å². The number of thiazole rings is 1. The highest BCUT2D eigenvalue weighted by molar-refractivity contribution is 7.22. The molecular formula is C17H20N6OS. The van der Waals surface area contributed by atoms with Gasteiger partial charge in [0, 0.05) is 32.4 Å². The molecule has 1 atom stereocenters. The molecular weight excluding hydrogens is 336 g/mol. The number of rotatable bonds is 3. The summed E-state index contributed by atoms with van der Waals surface area (Å²) in [5.41, 5.74) is 2.38. The van der Waals surface area contributed by atoms with Gasteiger partial charge in [0.05, 0.1) is 16.6 Å². The molecule has 0 bridgehead atoms. The van der Waals surface area contributed by atoms with E-state index in [4.69, 9.17) is 0 Å². The van der Waals surface area contributed by atoms with E-state index >= 15 is 0 Å². The van der Waals surface area contributed by atoms with Gasteiger partial charge in [0.2, 0.25) is 0 Å². The average Bonchev–Trinajstić information content (AvgIpc) is 3.18. The van der Waals surface area contributed by atoms with Crippen LogP contribution in [0.4, 0.5) is 5.13 Å². The molecule has 1 N–H and O–H groups in total. The van der Waals surface area contributed by atoms with Gasteiger partial charge in [-0.15, -0.1) is 0 Å². The Bertz CT molecular complexity index is 884. The van der Waals surface area contributed by atoms with E-state index < -0.39 is 0 Å². The van der Waals surface area contributed by atoms with Crippen molar-refractivity contribution in [3.8, 4) is 0 Å². The summed E-state index contributed by atoms with van der Waals surface area (Å²) in [6.45, 7) is 3.63. The molecule has 1 fully saturated rings. The molecule has 1 aliphatic rings.